The molecule has 1 unspecified atom stereocenters. The van der Waals surface area contributed by atoms with Crippen LogP contribution >= 0.6 is 0 Å². The zero-order chi connectivity index (χ0) is 15.5. The van der Waals surface area contributed by atoms with Gasteiger partial charge in [-0.3, -0.25) is 0 Å². The molecule has 1 atom stereocenters. The van der Waals surface area contributed by atoms with E-state index in [0.717, 1.165) is 42.8 Å². The third kappa shape index (κ3) is 3.27. The van der Waals surface area contributed by atoms with Gasteiger partial charge in [-0.15, -0.1) is 0 Å². The Morgan fingerprint density at radius 2 is 2.09 bits per heavy atom. The zero-order valence-corrected chi connectivity index (χ0v) is 13.3. The van der Waals surface area contributed by atoms with E-state index in [9.17, 15) is 0 Å². The second-order valence-electron chi connectivity index (χ2n) is 5.85. The van der Waals surface area contributed by atoms with Gasteiger partial charge in [0, 0.05) is 45.1 Å². The molecule has 22 heavy (non-hydrogen) atoms. The average molecular weight is 298 g/mol. The summed E-state index contributed by atoms with van der Waals surface area (Å²) in [6, 6.07) is 8.46. The second kappa shape index (κ2) is 6.17. The number of anilines is 3. The number of nitrogens with one attached hydrogen (secondary N) is 1. The molecule has 1 saturated heterocycles. The van der Waals surface area contributed by atoms with Crippen molar-refractivity contribution in [3.05, 3.63) is 36.2 Å². The molecule has 0 saturated carbocycles. The van der Waals surface area contributed by atoms with Gasteiger partial charge in [0.25, 0.3) is 0 Å². The highest BCUT2D eigenvalue weighted by atomic mass is 15.3. The van der Waals surface area contributed by atoms with Crippen LogP contribution in [0.4, 0.5) is 17.6 Å². The Labute approximate surface area is 131 Å². The van der Waals surface area contributed by atoms with Crippen LogP contribution in [0, 0.1) is 6.92 Å². The summed E-state index contributed by atoms with van der Waals surface area (Å²) in [5.74, 6) is 2.66. The monoisotopic (exact) mass is 298 g/mol. The van der Waals surface area contributed by atoms with Gasteiger partial charge in [-0.2, -0.15) is 4.98 Å². The minimum Gasteiger partial charge on any atom is -0.365 e. The molecule has 6 heteroatoms. The van der Waals surface area contributed by atoms with Crippen molar-refractivity contribution in [3.8, 4) is 0 Å². The van der Waals surface area contributed by atoms with Crippen molar-refractivity contribution in [2.45, 2.75) is 19.4 Å². The lowest BCUT2D eigenvalue weighted by Crippen LogP contribution is -2.27. The maximum atomic E-state index is 4.60. The van der Waals surface area contributed by atoms with E-state index in [2.05, 4.69) is 37.3 Å². The van der Waals surface area contributed by atoms with Crippen molar-refractivity contribution < 1.29 is 0 Å². The number of hydrogen-bond donors (Lipinski definition) is 1. The summed E-state index contributed by atoms with van der Waals surface area (Å²) in [4.78, 5) is 17.6. The quantitative estimate of drug-likeness (QED) is 0.931. The summed E-state index contributed by atoms with van der Waals surface area (Å²) in [5, 5.41) is 3.50. The number of aryl methyl sites for hydroxylation is 1. The number of aromatic nitrogens is 3. The van der Waals surface area contributed by atoms with E-state index >= 15 is 0 Å². The fraction of sp³-hybridized carbons (Fsp3) is 0.438. The molecule has 0 bridgehead atoms. The lowest BCUT2D eigenvalue weighted by molar-refractivity contribution is 0.797. The Morgan fingerprint density at radius 1 is 1.23 bits per heavy atom. The van der Waals surface area contributed by atoms with Crippen LogP contribution in [0.2, 0.25) is 0 Å². The molecule has 0 aromatic carbocycles. The molecule has 6 nitrogen and oxygen atoms in total. The molecule has 1 aliphatic heterocycles. The van der Waals surface area contributed by atoms with Crippen LogP contribution in [0.1, 0.15) is 12.1 Å². The number of nitrogens with zero attached hydrogens (tertiary/aromatic N) is 5. The molecule has 0 amide bonds. The van der Waals surface area contributed by atoms with Crippen LogP contribution in [0.3, 0.4) is 0 Å². The first-order valence-electron chi connectivity index (χ1n) is 7.57. The molecule has 0 spiro atoms. The summed E-state index contributed by atoms with van der Waals surface area (Å²) in [5.41, 5.74) is 1.06. The Balaban J connectivity index is 1.65. The van der Waals surface area contributed by atoms with Gasteiger partial charge in [0.15, 0.2) is 0 Å². The van der Waals surface area contributed by atoms with Crippen molar-refractivity contribution in [1.29, 1.82) is 0 Å². The predicted octanol–water partition coefficient (Wildman–Crippen LogP) is 1.94. The molecule has 116 valence electrons. The minimum atomic E-state index is 0.382. The van der Waals surface area contributed by atoms with Gasteiger partial charge >= 0.3 is 0 Å². The van der Waals surface area contributed by atoms with Crippen LogP contribution in [0.25, 0.3) is 0 Å². The predicted molar refractivity (Wildman–Crippen MR) is 89.6 cm³/mol. The number of pyridine rings is 1. The van der Waals surface area contributed by atoms with Gasteiger partial charge in [0.2, 0.25) is 5.95 Å². The molecule has 1 fully saturated rings. The summed E-state index contributed by atoms with van der Waals surface area (Å²) in [6.07, 6.45) is 2.87. The fourth-order valence-electron chi connectivity index (χ4n) is 2.64. The second-order valence-corrected chi connectivity index (χ2v) is 5.85. The largest absolute Gasteiger partial charge is 0.365 e. The van der Waals surface area contributed by atoms with Crippen molar-refractivity contribution in [3.63, 3.8) is 0 Å². The standard InChI is InChI=1S/C16H22N6/c1-12-5-4-6-15(18-12)22-10-8-13(11-22)19-14-7-9-17-16(20-14)21(2)3/h4-7,9,13H,8,10-11H2,1-3H3,(H,17,19,20). The van der Waals surface area contributed by atoms with E-state index < -0.39 is 0 Å². The lowest BCUT2D eigenvalue weighted by atomic mass is 10.2. The summed E-state index contributed by atoms with van der Waals surface area (Å²) in [7, 11) is 3.89. The molecule has 3 heterocycles. The third-order valence-corrected chi connectivity index (χ3v) is 3.78. The highest BCUT2D eigenvalue weighted by Gasteiger charge is 2.23. The average Bonchev–Trinajstić information content (AvgIpc) is 2.96. The maximum Gasteiger partial charge on any atom is 0.226 e. The first kappa shape index (κ1) is 14.6. The first-order valence-corrected chi connectivity index (χ1v) is 7.57. The zero-order valence-electron chi connectivity index (χ0n) is 13.3. The van der Waals surface area contributed by atoms with E-state index in [1.54, 1.807) is 6.20 Å². The van der Waals surface area contributed by atoms with Crippen molar-refractivity contribution in [2.75, 3.05) is 42.3 Å². The van der Waals surface area contributed by atoms with E-state index in [1.807, 2.05) is 38.1 Å². The summed E-state index contributed by atoms with van der Waals surface area (Å²) in [6.45, 7) is 3.98. The summed E-state index contributed by atoms with van der Waals surface area (Å²) < 4.78 is 0. The Hall–Kier alpha value is -2.37. The molecular weight excluding hydrogens is 276 g/mol. The van der Waals surface area contributed by atoms with Crippen molar-refractivity contribution >= 4 is 17.6 Å². The topological polar surface area (TPSA) is 57.2 Å². The van der Waals surface area contributed by atoms with E-state index in [4.69, 9.17) is 0 Å². The molecule has 3 rings (SSSR count). The number of rotatable bonds is 4. The van der Waals surface area contributed by atoms with E-state index in [-0.39, 0.29) is 0 Å². The van der Waals surface area contributed by atoms with Crippen molar-refractivity contribution in [2.24, 2.45) is 0 Å². The number of hydrogen-bond acceptors (Lipinski definition) is 6. The molecular formula is C16H22N6. The Kier molecular flexibility index (Phi) is 4.09. The molecule has 2 aromatic rings. The van der Waals surface area contributed by atoms with Crippen LogP contribution in [-0.4, -0.2) is 48.2 Å². The van der Waals surface area contributed by atoms with E-state index in [1.165, 1.54) is 0 Å². The van der Waals surface area contributed by atoms with E-state index in [0.29, 0.717) is 6.04 Å². The third-order valence-electron chi connectivity index (χ3n) is 3.78. The molecule has 1 N–H and O–H groups in total. The SMILES string of the molecule is Cc1cccc(N2CCC(Nc3ccnc(N(C)C)n3)C2)n1. The fourth-order valence-corrected chi connectivity index (χ4v) is 2.64. The van der Waals surface area contributed by atoms with Crippen LogP contribution in [0.5, 0.6) is 0 Å². The van der Waals surface area contributed by atoms with Gasteiger partial charge < -0.3 is 15.1 Å². The maximum absolute atomic E-state index is 4.60. The lowest BCUT2D eigenvalue weighted by Gasteiger charge is -2.19. The Bertz CT molecular complexity index is 642. The minimum absolute atomic E-state index is 0.382. The molecule has 0 aliphatic carbocycles. The smallest absolute Gasteiger partial charge is 0.226 e. The van der Waals surface area contributed by atoms with Gasteiger partial charge in [0.05, 0.1) is 0 Å². The van der Waals surface area contributed by atoms with Gasteiger partial charge in [-0.1, -0.05) is 6.07 Å². The van der Waals surface area contributed by atoms with Crippen LogP contribution < -0.4 is 15.1 Å². The van der Waals surface area contributed by atoms with Crippen LogP contribution in [-0.2, 0) is 0 Å². The van der Waals surface area contributed by atoms with Crippen molar-refractivity contribution in [1.82, 2.24) is 15.0 Å². The molecule has 1 aliphatic rings. The first-order chi connectivity index (χ1) is 10.6. The highest BCUT2D eigenvalue weighted by Crippen LogP contribution is 2.20. The van der Waals surface area contributed by atoms with Gasteiger partial charge in [0.1, 0.15) is 11.6 Å². The summed E-state index contributed by atoms with van der Waals surface area (Å²) >= 11 is 0. The van der Waals surface area contributed by atoms with Gasteiger partial charge in [-0.25, -0.2) is 9.97 Å². The Morgan fingerprint density at radius 3 is 2.86 bits per heavy atom. The molecule has 0 radical (unpaired) electrons. The molecule has 2 aromatic heterocycles. The normalized spacial score (nSPS) is 17.6. The highest BCUT2D eigenvalue weighted by molar-refractivity contribution is 5.45. The van der Waals surface area contributed by atoms with Crippen LogP contribution in [0.15, 0.2) is 30.5 Å². The van der Waals surface area contributed by atoms with Gasteiger partial charge in [-0.05, 0) is 31.5 Å².